The molecule has 114 valence electrons. The van der Waals surface area contributed by atoms with Crippen molar-refractivity contribution in [2.45, 2.75) is 52.7 Å². The molecule has 1 aromatic heterocycles. The van der Waals surface area contributed by atoms with Crippen molar-refractivity contribution in [3.63, 3.8) is 0 Å². The van der Waals surface area contributed by atoms with Gasteiger partial charge >= 0.3 is 0 Å². The van der Waals surface area contributed by atoms with Crippen LogP contribution in [0.3, 0.4) is 0 Å². The zero-order valence-electron chi connectivity index (χ0n) is 13.0. The number of hydrogen-bond donors (Lipinski definition) is 3. The van der Waals surface area contributed by atoms with E-state index in [0.717, 1.165) is 25.3 Å². The van der Waals surface area contributed by atoms with Gasteiger partial charge in [-0.3, -0.25) is 0 Å². The first-order chi connectivity index (χ1) is 9.53. The lowest BCUT2D eigenvalue weighted by Crippen LogP contribution is -2.46. The second kappa shape index (κ2) is 8.27. The molecule has 0 spiro atoms. The molecule has 0 aliphatic rings. The Hall–Kier alpha value is -1.07. The van der Waals surface area contributed by atoms with Gasteiger partial charge in [0.05, 0.1) is 12.1 Å². The van der Waals surface area contributed by atoms with E-state index in [9.17, 15) is 5.11 Å². The minimum atomic E-state index is -0.657. The fourth-order valence-corrected chi connectivity index (χ4v) is 2.63. The topological polar surface area (TPSA) is 56.7 Å². The van der Waals surface area contributed by atoms with Gasteiger partial charge in [0.2, 0.25) is 0 Å². The molecule has 3 N–H and O–H groups in total. The van der Waals surface area contributed by atoms with E-state index < -0.39 is 5.60 Å². The summed E-state index contributed by atoms with van der Waals surface area (Å²) in [7, 11) is 0. The fraction of sp³-hybridized carbons (Fsp3) is 0.667. The highest BCUT2D eigenvalue weighted by molar-refractivity contribution is 7.11. The SMILES string of the molecule is CCNC(=NCc1ccc(C)s1)NCC(O)(CC)CC. The molecular weight excluding hydrogens is 270 g/mol. The molecule has 1 rings (SSSR count). The van der Waals surface area contributed by atoms with Crippen LogP contribution < -0.4 is 10.6 Å². The molecule has 0 unspecified atom stereocenters. The Labute approximate surface area is 126 Å². The largest absolute Gasteiger partial charge is 0.388 e. The molecule has 1 aromatic rings. The minimum absolute atomic E-state index is 0.523. The highest BCUT2D eigenvalue weighted by atomic mass is 32.1. The van der Waals surface area contributed by atoms with Crippen LogP contribution in [0.2, 0.25) is 0 Å². The smallest absolute Gasteiger partial charge is 0.191 e. The number of aryl methyl sites for hydroxylation is 1. The summed E-state index contributed by atoms with van der Waals surface area (Å²) in [4.78, 5) is 7.12. The Morgan fingerprint density at radius 1 is 1.25 bits per heavy atom. The molecule has 0 aromatic carbocycles. The van der Waals surface area contributed by atoms with Gasteiger partial charge in [0.1, 0.15) is 0 Å². The molecule has 4 nitrogen and oxygen atoms in total. The maximum absolute atomic E-state index is 10.3. The zero-order chi connectivity index (χ0) is 15.0. The van der Waals surface area contributed by atoms with E-state index in [2.05, 4.69) is 34.7 Å². The first kappa shape index (κ1) is 17.0. The second-order valence-corrected chi connectivity index (χ2v) is 6.36. The Morgan fingerprint density at radius 2 is 1.95 bits per heavy atom. The molecule has 0 saturated carbocycles. The molecule has 0 aliphatic heterocycles. The van der Waals surface area contributed by atoms with Crippen LogP contribution in [0, 0.1) is 6.92 Å². The zero-order valence-corrected chi connectivity index (χ0v) is 13.8. The maximum Gasteiger partial charge on any atom is 0.191 e. The molecule has 0 atom stereocenters. The highest BCUT2D eigenvalue weighted by Crippen LogP contribution is 2.16. The van der Waals surface area contributed by atoms with Crippen molar-refractivity contribution in [3.8, 4) is 0 Å². The third-order valence-corrected chi connectivity index (χ3v) is 4.42. The van der Waals surface area contributed by atoms with Gasteiger partial charge in [0.25, 0.3) is 0 Å². The standard InChI is InChI=1S/C15H27N3OS/c1-5-15(19,6-2)11-18-14(16-7-3)17-10-13-9-8-12(4)20-13/h8-9,19H,5-7,10-11H2,1-4H3,(H2,16,17,18). The van der Waals surface area contributed by atoms with Gasteiger partial charge in [-0.25, -0.2) is 4.99 Å². The van der Waals surface area contributed by atoms with E-state index in [0.29, 0.717) is 13.1 Å². The third kappa shape index (κ3) is 5.51. The van der Waals surface area contributed by atoms with Crippen molar-refractivity contribution in [1.29, 1.82) is 0 Å². The monoisotopic (exact) mass is 297 g/mol. The average molecular weight is 297 g/mol. The summed E-state index contributed by atoms with van der Waals surface area (Å²) < 4.78 is 0. The summed E-state index contributed by atoms with van der Waals surface area (Å²) >= 11 is 1.77. The number of rotatable bonds is 7. The van der Waals surface area contributed by atoms with E-state index >= 15 is 0 Å². The second-order valence-electron chi connectivity index (χ2n) is 4.99. The van der Waals surface area contributed by atoms with Gasteiger partial charge in [0.15, 0.2) is 5.96 Å². The number of guanidine groups is 1. The van der Waals surface area contributed by atoms with Gasteiger partial charge < -0.3 is 15.7 Å². The first-order valence-corrected chi connectivity index (χ1v) is 8.14. The summed E-state index contributed by atoms with van der Waals surface area (Å²) in [6, 6.07) is 4.23. The van der Waals surface area contributed by atoms with Gasteiger partial charge in [0, 0.05) is 22.8 Å². The van der Waals surface area contributed by atoms with Gasteiger partial charge in [-0.05, 0) is 38.8 Å². The molecule has 0 saturated heterocycles. The summed E-state index contributed by atoms with van der Waals surface area (Å²) in [5, 5.41) is 16.7. The molecule has 0 amide bonds. The number of thiophene rings is 1. The van der Waals surface area contributed by atoms with Crippen LogP contribution in [0.1, 0.15) is 43.4 Å². The number of nitrogens with zero attached hydrogens (tertiary/aromatic N) is 1. The van der Waals surface area contributed by atoms with Crippen LogP contribution in [-0.2, 0) is 6.54 Å². The summed E-state index contributed by atoms with van der Waals surface area (Å²) in [6.45, 7) is 10.2. The Bertz CT molecular complexity index is 425. The number of hydrogen-bond acceptors (Lipinski definition) is 3. The van der Waals surface area contributed by atoms with E-state index in [4.69, 9.17) is 0 Å². The average Bonchev–Trinajstić information content (AvgIpc) is 2.87. The van der Waals surface area contributed by atoms with Crippen LogP contribution >= 0.6 is 11.3 Å². The predicted octanol–water partition coefficient (Wildman–Crippen LogP) is 2.66. The quantitative estimate of drug-likeness (QED) is 0.536. The van der Waals surface area contributed by atoms with Gasteiger partial charge in [-0.2, -0.15) is 0 Å². The summed E-state index contributed by atoms with van der Waals surface area (Å²) in [5.74, 6) is 0.763. The maximum atomic E-state index is 10.3. The summed E-state index contributed by atoms with van der Waals surface area (Å²) in [5.41, 5.74) is -0.657. The minimum Gasteiger partial charge on any atom is -0.388 e. The van der Waals surface area contributed by atoms with Crippen LogP contribution in [0.5, 0.6) is 0 Å². The first-order valence-electron chi connectivity index (χ1n) is 7.33. The molecule has 0 aliphatic carbocycles. The lowest BCUT2D eigenvalue weighted by Gasteiger charge is -2.26. The fourth-order valence-electron chi connectivity index (χ4n) is 1.82. The Kier molecular flexibility index (Phi) is 7.02. The molecular formula is C15H27N3OS. The summed E-state index contributed by atoms with van der Waals surface area (Å²) in [6.07, 6.45) is 1.47. The third-order valence-electron chi connectivity index (χ3n) is 3.43. The van der Waals surface area contributed by atoms with Crippen LogP contribution in [0.15, 0.2) is 17.1 Å². The molecule has 0 radical (unpaired) electrons. The van der Waals surface area contributed by atoms with Crippen LogP contribution in [0.25, 0.3) is 0 Å². The normalized spacial score (nSPS) is 12.6. The van der Waals surface area contributed by atoms with Crippen molar-refractivity contribution in [2.75, 3.05) is 13.1 Å². The predicted molar refractivity (Wildman–Crippen MR) is 87.4 cm³/mol. The van der Waals surface area contributed by atoms with Crippen molar-refractivity contribution < 1.29 is 5.11 Å². The van der Waals surface area contributed by atoms with Crippen molar-refractivity contribution in [1.82, 2.24) is 10.6 Å². The number of nitrogens with one attached hydrogen (secondary N) is 2. The van der Waals surface area contributed by atoms with Crippen LogP contribution in [-0.4, -0.2) is 29.8 Å². The highest BCUT2D eigenvalue weighted by Gasteiger charge is 2.22. The molecule has 5 heteroatoms. The van der Waals surface area contributed by atoms with Crippen molar-refractivity contribution >= 4 is 17.3 Å². The van der Waals surface area contributed by atoms with E-state index in [1.807, 2.05) is 20.8 Å². The molecule has 20 heavy (non-hydrogen) atoms. The van der Waals surface area contributed by atoms with Gasteiger partial charge in [-0.15, -0.1) is 11.3 Å². The van der Waals surface area contributed by atoms with E-state index in [1.165, 1.54) is 9.75 Å². The Balaban J connectivity index is 2.59. The van der Waals surface area contributed by atoms with E-state index in [1.54, 1.807) is 11.3 Å². The van der Waals surface area contributed by atoms with Gasteiger partial charge in [-0.1, -0.05) is 13.8 Å². The number of aliphatic hydroxyl groups is 1. The molecule has 0 fully saturated rings. The molecule has 1 heterocycles. The molecule has 0 bridgehead atoms. The lowest BCUT2D eigenvalue weighted by molar-refractivity contribution is 0.0367. The van der Waals surface area contributed by atoms with Crippen molar-refractivity contribution in [3.05, 3.63) is 21.9 Å². The van der Waals surface area contributed by atoms with E-state index in [-0.39, 0.29) is 0 Å². The van der Waals surface area contributed by atoms with Crippen LogP contribution in [0.4, 0.5) is 0 Å². The number of aliphatic imine (C=N–C) groups is 1. The van der Waals surface area contributed by atoms with Crippen molar-refractivity contribution in [2.24, 2.45) is 4.99 Å². The lowest BCUT2D eigenvalue weighted by atomic mass is 9.98. The Morgan fingerprint density at radius 3 is 2.45 bits per heavy atom.